The van der Waals surface area contributed by atoms with Gasteiger partial charge in [0.25, 0.3) is 0 Å². The Morgan fingerprint density at radius 2 is 2.25 bits per heavy atom. The zero-order valence-corrected chi connectivity index (χ0v) is 8.05. The SMILES string of the molecule is C=CCC(C)/C=C(/C=O)CCC. The summed E-state index contributed by atoms with van der Waals surface area (Å²) in [6, 6.07) is 0. The average molecular weight is 166 g/mol. The van der Waals surface area contributed by atoms with Crippen LogP contribution in [-0.4, -0.2) is 6.29 Å². The molecule has 0 amide bonds. The minimum Gasteiger partial charge on any atom is -0.298 e. The van der Waals surface area contributed by atoms with Gasteiger partial charge in [0, 0.05) is 0 Å². The van der Waals surface area contributed by atoms with Gasteiger partial charge in [0.05, 0.1) is 0 Å². The van der Waals surface area contributed by atoms with Crippen molar-refractivity contribution in [2.45, 2.75) is 33.1 Å². The third-order valence-electron chi connectivity index (χ3n) is 1.73. The standard InChI is InChI=1S/C11H18O/c1-4-6-10(3)8-11(9-12)7-5-2/h4,8-10H,1,5-7H2,2-3H3/b11-8+. The van der Waals surface area contributed by atoms with E-state index < -0.39 is 0 Å². The Hall–Kier alpha value is -0.850. The molecule has 0 aromatic carbocycles. The van der Waals surface area contributed by atoms with Gasteiger partial charge in [-0.05, 0) is 24.3 Å². The molecule has 1 atom stereocenters. The zero-order chi connectivity index (χ0) is 9.40. The molecule has 0 N–H and O–H groups in total. The number of carbonyl (C=O) groups excluding carboxylic acids is 1. The maximum atomic E-state index is 10.5. The van der Waals surface area contributed by atoms with Gasteiger partial charge in [0.1, 0.15) is 6.29 Å². The minimum atomic E-state index is 0.439. The predicted molar refractivity (Wildman–Crippen MR) is 53.0 cm³/mol. The van der Waals surface area contributed by atoms with Crippen molar-refractivity contribution in [3.8, 4) is 0 Å². The molecule has 0 spiro atoms. The summed E-state index contributed by atoms with van der Waals surface area (Å²) < 4.78 is 0. The topological polar surface area (TPSA) is 17.1 Å². The highest BCUT2D eigenvalue weighted by atomic mass is 16.1. The molecular weight excluding hydrogens is 148 g/mol. The van der Waals surface area contributed by atoms with Crippen molar-refractivity contribution in [1.29, 1.82) is 0 Å². The summed E-state index contributed by atoms with van der Waals surface area (Å²) >= 11 is 0. The summed E-state index contributed by atoms with van der Waals surface area (Å²) in [5.74, 6) is 0.439. The lowest BCUT2D eigenvalue weighted by Crippen LogP contribution is -1.92. The lowest BCUT2D eigenvalue weighted by atomic mass is 10.0. The summed E-state index contributed by atoms with van der Waals surface area (Å²) in [7, 11) is 0. The van der Waals surface area contributed by atoms with Crippen LogP contribution in [0.25, 0.3) is 0 Å². The smallest absolute Gasteiger partial charge is 0.145 e. The molecule has 0 heterocycles. The van der Waals surface area contributed by atoms with Gasteiger partial charge in [-0.2, -0.15) is 0 Å². The Kier molecular flexibility index (Phi) is 6.35. The van der Waals surface area contributed by atoms with Crippen LogP contribution in [0.2, 0.25) is 0 Å². The van der Waals surface area contributed by atoms with E-state index in [-0.39, 0.29) is 0 Å². The number of hydrogen-bond acceptors (Lipinski definition) is 1. The van der Waals surface area contributed by atoms with E-state index in [1.165, 1.54) is 0 Å². The van der Waals surface area contributed by atoms with Crippen LogP contribution in [0.5, 0.6) is 0 Å². The molecule has 68 valence electrons. The second-order valence-corrected chi connectivity index (χ2v) is 3.11. The third-order valence-corrected chi connectivity index (χ3v) is 1.73. The van der Waals surface area contributed by atoms with Gasteiger partial charge >= 0.3 is 0 Å². The number of hydrogen-bond donors (Lipinski definition) is 0. The molecular formula is C11H18O. The van der Waals surface area contributed by atoms with Crippen LogP contribution in [0.3, 0.4) is 0 Å². The van der Waals surface area contributed by atoms with Crippen molar-refractivity contribution < 1.29 is 4.79 Å². The monoisotopic (exact) mass is 166 g/mol. The van der Waals surface area contributed by atoms with Crippen LogP contribution in [0.4, 0.5) is 0 Å². The molecule has 0 bridgehead atoms. The second-order valence-electron chi connectivity index (χ2n) is 3.11. The number of rotatable bonds is 6. The molecule has 0 aliphatic heterocycles. The highest BCUT2D eigenvalue weighted by molar-refractivity contribution is 5.73. The fourth-order valence-electron chi connectivity index (χ4n) is 1.17. The average Bonchev–Trinajstić information content (AvgIpc) is 2.04. The highest BCUT2D eigenvalue weighted by Crippen LogP contribution is 2.10. The first-order valence-electron chi connectivity index (χ1n) is 4.51. The second kappa shape index (κ2) is 6.84. The predicted octanol–water partition coefficient (Wildman–Crippen LogP) is 3.12. The van der Waals surface area contributed by atoms with E-state index in [0.29, 0.717) is 5.92 Å². The molecule has 0 saturated heterocycles. The van der Waals surface area contributed by atoms with Crippen molar-refractivity contribution in [3.63, 3.8) is 0 Å². The Bertz CT molecular complexity index is 168. The van der Waals surface area contributed by atoms with E-state index in [9.17, 15) is 4.79 Å². The summed E-state index contributed by atoms with van der Waals surface area (Å²) in [6.07, 6.45) is 7.76. The van der Waals surface area contributed by atoms with Crippen LogP contribution in [0, 0.1) is 5.92 Å². The van der Waals surface area contributed by atoms with E-state index in [1.54, 1.807) is 0 Å². The van der Waals surface area contributed by atoms with Gasteiger partial charge in [-0.3, -0.25) is 4.79 Å². The van der Waals surface area contributed by atoms with Crippen LogP contribution < -0.4 is 0 Å². The highest BCUT2D eigenvalue weighted by Gasteiger charge is 1.98. The number of carbonyl (C=O) groups is 1. The molecule has 0 radical (unpaired) electrons. The van der Waals surface area contributed by atoms with Crippen LogP contribution >= 0.6 is 0 Å². The van der Waals surface area contributed by atoms with Crippen molar-refractivity contribution >= 4 is 6.29 Å². The lowest BCUT2D eigenvalue weighted by molar-refractivity contribution is -0.105. The molecule has 1 unspecified atom stereocenters. The van der Waals surface area contributed by atoms with Crippen molar-refractivity contribution in [1.82, 2.24) is 0 Å². The number of aldehydes is 1. The molecule has 0 aliphatic rings. The Morgan fingerprint density at radius 1 is 1.58 bits per heavy atom. The maximum absolute atomic E-state index is 10.5. The van der Waals surface area contributed by atoms with Crippen LogP contribution in [0.1, 0.15) is 33.1 Å². The van der Waals surface area contributed by atoms with E-state index >= 15 is 0 Å². The Labute approximate surface area is 75.2 Å². The lowest BCUT2D eigenvalue weighted by Gasteiger charge is -2.03. The molecule has 0 rings (SSSR count). The quantitative estimate of drug-likeness (QED) is 0.336. The zero-order valence-electron chi connectivity index (χ0n) is 8.05. The van der Waals surface area contributed by atoms with Crippen molar-refractivity contribution in [2.24, 2.45) is 5.92 Å². The summed E-state index contributed by atoms with van der Waals surface area (Å²) in [5.41, 5.74) is 0.923. The van der Waals surface area contributed by atoms with Gasteiger partial charge in [-0.1, -0.05) is 32.4 Å². The van der Waals surface area contributed by atoms with Crippen LogP contribution in [-0.2, 0) is 4.79 Å². The summed E-state index contributed by atoms with van der Waals surface area (Å²) in [4.78, 5) is 10.5. The van der Waals surface area contributed by atoms with Crippen molar-refractivity contribution in [2.75, 3.05) is 0 Å². The molecule has 0 saturated carbocycles. The van der Waals surface area contributed by atoms with Gasteiger partial charge in [-0.25, -0.2) is 0 Å². The molecule has 1 nitrogen and oxygen atoms in total. The van der Waals surface area contributed by atoms with E-state index in [1.807, 2.05) is 12.2 Å². The fraction of sp³-hybridized carbons (Fsp3) is 0.545. The number of allylic oxidation sites excluding steroid dienone is 3. The summed E-state index contributed by atoms with van der Waals surface area (Å²) in [6.45, 7) is 7.84. The molecule has 0 aromatic rings. The molecule has 1 heteroatoms. The third kappa shape index (κ3) is 4.89. The van der Waals surface area contributed by atoms with E-state index in [4.69, 9.17) is 0 Å². The Morgan fingerprint density at radius 3 is 2.67 bits per heavy atom. The molecule has 12 heavy (non-hydrogen) atoms. The van der Waals surface area contributed by atoms with Gasteiger partial charge in [-0.15, -0.1) is 6.58 Å². The molecule has 0 fully saturated rings. The largest absolute Gasteiger partial charge is 0.298 e. The van der Waals surface area contributed by atoms with Crippen LogP contribution in [0.15, 0.2) is 24.3 Å². The van der Waals surface area contributed by atoms with E-state index in [0.717, 1.165) is 31.1 Å². The first kappa shape index (κ1) is 11.2. The van der Waals surface area contributed by atoms with Gasteiger partial charge in [0.2, 0.25) is 0 Å². The fourth-order valence-corrected chi connectivity index (χ4v) is 1.17. The van der Waals surface area contributed by atoms with E-state index in [2.05, 4.69) is 20.4 Å². The molecule has 0 aliphatic carbocycles. The van der Waals surface area contributed by atoms with Gasteiger partial charge < -0.3 is 0 Å². The first-order valence-corrected chi connectivity index (χ1v) is 4.51. The normalized spacial score (nSPS) is 14.0. The summed E-state index contributed by atoms with van der Waals surface area (Å²) in [5, 5.41) is 0. The Balaban J connectivity index is 4.05. The first-order chi connectivity index (χ1) is 5.74. The van der Waals surface area contributed by atoms with Crippen molar-refractivity contribution in [3.05, 3.63) is 24.3 Å². The van der Waals surface area contributed by atoms with Gasteiger partial charge in [0.15, 0.2) is 0 Å². The molecule has 0 aromatic heterocycles. The minimum absolute atomic E-state index is 0.439. The maximum Gasteiger partial charge on any atom is 0.145 e.